The molecule has 4 rings (SSSR count). The molecule has 2 aromatic carbocycles. The van der Waals surface area contributed by atoms with E-state index in [2.05, 4.69) is 17.1 Å². The average molecular weight is 483 g/mol. The van der Waals surface area contributed by atoms with Gasteiger partial charge in [-0.1, -0.05) is 25.1 Å². The van der Waals surface area contributed by atoms with E-state index < -0.39 is 6.04 Å². The normalized spacial score (nSPS) is 19.6. The molecule has 2 amide bonds. The minimum absolute atomic E-state index is 0.0195. The highest BCUT2D eigenvalue weighted by atomic mass is 32.1. The first-order chi connectivity index (χ1) is 16.5. The SMILES string of the molecule is CCCN1CCC(CN2C(=S)N(c3ccccc3)C(=O)C2CC(=O)Nc2ccc(F)cc2)CC1. The zero-order valence-corrected chi connectivity index (χ0v) is 20.3. The van der Waals surface area contributed by atoms with Crippen molar-refractivity contribution in [1.82, 2.24) is 9.80 Å². The number of hydrogen-bond donors (Lipinski definition) is 1. The Balaban J connectivity index is 1.49. The van der Waals surface area contributed by atoms with Gasteiger partial charge in [0.05, 0.1) is 12.1 Å². The molecular weight excluding hydrogens is 451 g/mol. The molecule has 1 N–H and O–H groups in total. The van der Waals surface area contributed by atoms with Crippen LogP contribution < -0.4 is 10.2 Å². The monoisotopic (exact) mass is 482 g/mol. The second kappa shape index (κ2) is 11.1. The number of thiocarbonyl (C=S) groups is 1. The summed E-state index contributed by atoms with van der Waals surface area (Å²) in [6, 6.07) is 14.3. The molecule has 0 radical (unpaired) electrons. The molecule has 34 heavy (non-hydrogen) atoms. The molecule has 2 fully saturated rings. The van der Waals surface area contributed by atoms with Crippen LogP contribution in [0.25, 0.3) is 0 Å². The fraction of sp³-hybridized carbons (Fsp3) is 0.423. The maximum absolute atomic E-state index is 13.5. The molecule has 0 saturated carbocycles. The van der Waals surface area contributed by atoms with Crippen LogP contribution in [0.15, 0.2) is 54.6 Å². The van der Waals surface area contributed by atoms with Crippen molar-refractivity contribution < 1.29 is 14.0 Å². The highest BCUT2D eigenvalue weighted by Crippen LogP contribution is 2.30. The van der Waals surface area contributed by atoms with E-state index in [4.69, 9.17) is 12.2 Å². The van der Waals surface area contributed by atoms with Gasteiger partial charge in [0.2, 0.25) is 5.91 Å². The Hall–Kier alpha value is -2.84. The Morgan fingerprint density at radius 1 is 1.09 bits per heavy atom. The number of nitrogens with one attached hydrogen (secondary N) is 1. The zero-order valence-electron chi connectivity index (χ0n) is 19.5. The predicted molar refractivity (Wildman–Crippen MR) is 136 cm³/mol. The van der Waals surface area contributed by atoms with Crippen LogP contribution in [0, 0.1) is 11.7 Å². The van der Waals surface area contributed by atoms with Gasteiger partial charge >= 0.3 is 0 Å². The Labute approximate surface area is 205 Å². The van der Waals surface area contributed by atoms with Crippen molar-refractivity contribution in [3.8, 4) is 0 Å². The highest BCUT2D eigenvalue weighted by Gasteiger charge is 2.44. The van der Waals surface area contributed by atoms with Crippen LogP contribution in [0.1, 0.15) is 32.6 Å². The molecule has 0 aromatic heterocycles. The van der Waals surface area contributed by atoms with E-state index in [-0.39, 0.29) is 24.1 Å². The van der Waals surface area contributed by atoms with Gasteiger partial charge in [0, 0.05) is 12.2 Å². The summed E-state index contributed by atoms with van der Waals surface area (Å²) in [4.78, 5) is 32.3. The third-order valence-corrected chi connectivity index (χ3v) is 6.96. The summed E-state index contributed by atoms with van der Waals surface area (Å²) in [6.45, 7) is 6.06. The molecule has 0 spiro atoms. The van der Waals surface area contributed by atoms with Crippen LogP contribution in [0.5, 0.6) is 0 Å². The van der Waals surface area contributed by atoms with E-state index >= 15 is 0 Å². The third kappa shape index (κ3) is 5.62. The van der Waals surface area contributed by atoms with Crippen LogP contribution >= 0.6 is 12.2 Å². The second-order valence-electron chi connectivity index (χ2n) is 9.00. The standard InChI is InChI=1S/C26H31FN4O2S/c1-2-14-29-15-12-19(13-16-29)18-30-23(17-24(32)28-21-10-8-20(27)9-11-21)25(33)31(26(30)34)22-6-4-3-5-7-22/h3-11,19,23H,2,12-18H2,1H3,(H,28,32). The van der Waals surface area contributed by atoms with Gasteiger partial charge in [0.25, 0.3) is 5.91 Å². The van der Waals surface area contributed by atoms with E-state index in [0.29, 0.717) is 28.9 Å². The molecule has 0 bridgehead atoms. The van der Waals surface area contributed by atoms with Crippen molar-refractivity contribution in [1.29, 1.82) is 0 Å². The lowest BCUT2D eigenvalue weighted by Crippen LogP contribution is -2.44. The molecule has 1 unspecified atom stereocenters. The first-order valence-electron chi connectivity index (χ1n) is 11.9. The van der Waals surface area contributed by atoms with Crippen LogP contribution in [0.3, 0.4) is 0 Å². The Morgan fingerprint density at radius 3 is 2.41 bits per heavy atom. The second-order valence-corrected chi connectivity index (χ2v) is 9.37. The van der Waals surface area contributed by atoms with E-state index in [1.807, 2.05) is 35.2 Å². The van der Waals surface area contributed by atoms with E-state index in [1.165, 1.54) is 24.3 Å². The number of likely N-dealkylation sites (tertiary alicyclic amines) is 1. The maximum atomic E-state index is 13.5. The van der Waals surface area contributed by atoms with E-state index in [0.717, 1.165) is 38.9 Å². The summed E-state index contributed by atoms with van der Waals surface area (Å²) in [6.07, 6.45) is 3.22. The number of halogens is 1. The predicted octanol–water partition coefficient (Wildman–Crippen LogP) is 4.28. The van der Waals surface area contributed by atoms with Crippen molar-refractivity contribution in [3.63, 3.8) is 0 Å². The summed E-state index contributed by atoms with van der Waals surface area (Å²) >= 11 is 5.78. The molecule has 2 heterocycles. The number of amides is 2. The molecule has 2 saturated heterocycles. The van der Waals surface area contributed by atoms with Crippen LogP contribution in [0.2, 0.25) is 0 Å². The van der Waals surface area contributed by atoms with Crippen LogP contribution in [-0.2, 0) is 9.59 Å². The smallest absolute Gasteiger partial charge is 0.256 e. The van der Waals surface area contributed by atoms with Gasteiger partial charge in [-0.3, -0.25) is 14.5 Å². The van der Waals surface area contributed by atoms with Gasteiger partial charge in [-0.15, -0.1) is 0 Å². The van der Waals surface area contributed by atoms with Crippen molar-refractivity contribution in [2.24, 2.45) is 5.92 Å². The molecule has 0 aliphatic carbocycles. The Bertz CT molecular complexity index is 1010. The minimum atomic E-state index is -0.665. The summed E-state index contributed by atoms with van der Waals surface area (Å²) in [5, 5.41) is 3.23. The summed E-state index contributed by atoms with van der Waals surface area (Å²) in [7, 11) is 0. The Morgan fingerprint density at radius 2 is 1.76 bits per heavy atom. The number of para-hydroxylation sites is 1. The lowest BCUT2D eigenvalue weighted by molar-refractivity contribution is -0.124. The number of nitrogens with zero attached hydrogens (tertiary/aromatic N) is 3. The van der Waals surface area contributed by atoms with Crippen molar-refractivity contribution in [2.75, 3.05) is 36.4 Å². The van der Waals surface area contributed by atoms with Crippen molar-refractivity contribution in [3.05, 3.63) is 60.4 Å². The van der Waals surface area contributed by atoms with Crippen LogP contribution in [0.4, 0.5) is 15.8 Å². The van der Waals surface area contributed by atoms with Gasteiger partial charge < -0.3 is 15.1 Å². The number of piperidine rings is 1. The van der Waals surface area contributed by atoms with Gasteiger partial charge in [0.1, 0.15) is 11.9 Å². The molecular formula is C26H31FN4O2S. The highest BCUT2D eigenvalue weighted by molar-refractivity contribution is 7.80. The topological polar surface area (TPSA) is 55.9 Å². The lowest BCUT2D eigenvalue weighted by Gasteiger charge is -2.35. The Kier molecular flexibility index (Phi) is 7.90. The number of rotatable bonds is 8. The summed E-state index contributed by atoms with van der Waals surface area (Å²) in [5.41, 5.74) is 1.20. The largest absolute Gasteiger partial charge is 0.336 e. The van der Waals surface area contributed by atoms with Gasteiger partial charge in [0.15, 0.2) is 5.11 Å². The molecule has 1 atom stereocenters. The van der Waals surface area contributed by atoms with Crippen LogP contribution in [-0.4, -0.2) is 58.9 Å². The first kappa shape index (κ1) is 24.3. The molecule has 6 nitrogen and oxygen atoms in total. The third-order valence-electron chi connectivity index (χ3n) is 6.54. The maximum Gasteiger partial charge on any atom is 0.256 e. The van der Waals surface area contributed by atoms with Crippen molar-refractivity contribution >= 4 is 40.5 Å². The van der Waals surface area contributed by atoms with E-state index in [9.17, 15) is 14.0 Å². The zero-order chi connectivity index (χ0) is 24.1. The number of anilines is 2. The molecule has 2 aromatic rings. The molecule has 2 aliphatic rings. The molecule has 180 valence electrons. The quantitative estimate of drug-likeness (QED) is 0.570. The fourth-order valence-corrected chi connectivity index (χ4v) is 5.16. The number of carbonyl (C=O) groups excluding carboxylic acids is 2. The van der Waals surface area contributed by atoms with E-state index in [1.54, 1.807) is 4.90 Å². The number of hydrogen-bond acceptors (Lipinski definition) is 4. The number of benzene rings is 2. The summed E-state index contributed by atoms with van der Waals surface area (Å²) < 4.78 is 13.2. The lowest BCUT2D eigenvalue weighted by atomic mass is 9.95. The molecule has 8 heteroatoms. The van der Waals surface area contributed by atoms with Gasteiger partial charge in [-0.05, 0) is 93.4 Å². The van der Waals surface area contributed by atoms with Gasteiger partial charge in [-0.2, -0.15) is 0 Å². The van der Waals surface area contributed by atoms with Gasteiger partial charge in [-0.25, -0.2) is 4.39 Å². The summed E-state index contributed by atoms with van der Waals surface area (Å²) in [5.74, 6) is -0.444. The van der Waals surface area contributed by atoms with Crippen molar-refractivity contribution in [2.45, 2.75) is 38.6 Å². The molecule has 2 aliphatic heterocycles. The number of carbonyl (C=O) groups is 2. The average Bonchev–Trinajstić information content (AvgIpc) is 3.06. The first-order valence-corrected chi connectivity index (χ1v) is 12.3. The fourth-order valence-electron chi connectivity index (χ4n) is 4.76. The minimum Gasteiger partial charge on any atom is -0.336 e.